The summed E-state index contributed by atoms with van der Waals surface area (Å²) < 4.78 is 0. The topological polar surface area (TPSA) is 80.3 Å². The van der Waals surface area contributed by atoms with E-state index in [-0.39, 0.29) is 36.7 Å². The number of hydrogen-bond donors (Lipinski definition) is 0. The van der Waals surface area contributed by atoms with E-state index in [0.29, 0.717) is 0 Å². The van der Waals surface area contributed by atoms with Gasteiger partial charge in [-0.05, 0) is 25.7 Å². The molecule has 0 saturated carbocycles. The first-order valence-electron chi connectivity index (χ1n) is 21.9. The Bertz CT molecular complexity index is 560. The van der Waals surface area contributed by atoms with Gasteiger partial charge in [-0.15, -0.1) is 0 Å². The quantitative estimate of drug-likeness (QED) is 0.0457. The summed E-state index contributed by atoms with van der Waals surface area (Å²) in [5, 5.41) is 20.5. The predicted octanol–water partition coefficient (Wildman–Crippen LogP) is 12.7. The fourth-order valence-corrected chi connectivity index (χ4v) is 6.70. The Kier molecular flexibility index (Phi) is 54.0. The van der Waals surface area contributed by atoms with Crippen LogP contribution >= 0.6 is 0 Å². The minimum Gasteiger partial charge on any atom is -0.550 e. The van der Waals surface area contributed by atoms with Crippen LogP contribution in [0.15, 0.2) is 0 Å². The molecule has 0 aromatic rings. The van der Waals surface area contributed by atoms with E-state index in [9.17, 15) is 19.8 Å². The summed E-state index contributed by atoms with van der Waals surface area (Å²) in [6, 6.07) is 0. The molecule has 0 heterocycles. The maximum absolute atomic E-state index is 10.3. The molecule has 0 amide bonds. The number of rotatable bonds is 40. The molecular formula is C44H86O4Sn. The van der Waals surface area contributed by atoms with Gasteiger partial charge in [0.05, 0.1) is 0 Å². The second-order valence-electron chi connectivity index (χ2n) is 15.0. The second kappa shape index (κ2) is 49.8. The van der Waals surface area contributed by atoms with Crippen molar-refractivity contribution in [2.24, 2.45) is 0 Å². The standard InChI is InChI=1S/2C22H44O2.Sn/c2*1-2-3-4-5-6-7-8-9-10-11-12-13-14-15-16-17-18-19-20-21-22(23)24;/h2*2-21H2,1H3,(H,23,24);/q;;+2/p-2. The third-order valence-corrected chi connectivity index (χ3v) is 9.97. The first kappa shape index (κ1) is 53.1. The Hall–Kier alpha value is -0.261. The summed E-state index contributed by atoms with van der Waals surface area (Å²) in [4.78, 5) is 20.5. The van der Waals surface area contributed by atoms with Crippen molar-refractivity contribution in [3.05, 3.63) is 0 Å². The van der Waals surface area contributed by atoms with Crippen molar-refractivity contribution in [1.29, 1.82) is 0 Å². The molecule has 0 N–H and O–H groups in total. The monoisotopic (exact) mass is 799 g/mol. The number of carboxylic acid groups (broad SMARTS) is 2. The molecule has 0 aromatic heterocycles. The number of carboxylic acids is 2. The molecule has 49 heavy (non-hydrogen) atoms. The molecule has 0 bridgehead atoms. The van der Waals surface area contributed by atoms with E-state index in [1.54, 1.807) is 0 Å². The van der Waals surface area contributed by atoms with Crippen LogP contribution in [-0.4, -0.2) is 35.8 Å². The van der Waals surface area contributed by atoms with Gasteiger partial charge in [-0.1, -0.05) is 245 Å². The van der Waals surface area contributed by atoms with E-state index in [1.807, 2.05) is 0 Å². The van der Waals surface area contributed by atoms with Crippen LogP contribution in [0.1, 0.15) is 271 Å². The van der Waals surface area contributed by atoms with E-state index in [0.717, 1.165) is 25.7 Å². The maximum atomic E-state index is 10.3. The molecule has 5 heteroatoms. The Morgan fingerprint density at radius 2 is 0.388 bits per heavy atom. The van der Waals surface area contributed by atoms with Crippen LogP contribution in [0.5, 0.6) is 0 Å². The first-order valence-corrected chi connectivity index (χ1v) is 21.9. The number of carbonyl (C=O) groups is 2. The Morgan fingerprint density at radius 3 is 0.510 bits per heavy atom. The molecule has 0 fully saturated rings. The third kappa shape index (κ3) is 57.3. The Balaban J connectivity index is -0.000000846. The van der Waals surface area contributed by atoms with E-state index < -0.39 is 11.9 Å². The van der Waals surface area contributed by atoms with Gasteiger partial charge in [0.25, 0.3) is 0 Å². The maximum Gasteiger partial charge on any atom is 2.00 e. The number of carbonyl (C=O) groups excluding carboxylic acids is 2. The van der Waals surface area contributed by atoms with Gasteiger partial charge in [0.2, 0.25) is 0 Å². The molecule has 0 aliphatic rings. The second-order valence-corrected chi connectivity index (χ2v) is 15.0. The first-order chi connectivity index (χ1) is 23.5. The fourth-order valence-electron chi connectivity index (χ4n) is 6.70. The molecule has 0 rings (SSSR count). The van der Waals surface area contributed by atoms with Gasteiger partial charge in [0.1, 0.15) is 0 Å². The van der Waals surface area contributed by atoms with Crippen LogP contribution in [-0.2, 0) is 9.59 Å². The summed E-state index contributed by atoms with van der Waals surface area (Å²) in [7, 11) is 0. The van der Waals surface area contributed by atoms with Gasteiger partial charge in [-0.2, -0.15) is 0 Å². The van der Waals surface area contributed by atoms with Crippen molar-refractivity contribution in [3.8, 4) is 0 Å². The van der Waals surface area contributed by atoms with E-state index in [1.165, 1.54) is 218 Å². The zero-order valence-electron chi connectivity index (χ0n) is 33.4. The summed E-state index contributed by atoms with van der Waals surface area (Å²) >= 11 is 0. The molecule has 0 aliphatic heterocycles. The molecule has 4 nitrogen and oxygen atoms in total. The van der Waals surface area contributed by atoms with Gasteiger partial charge in [0, 0.05) is 11.9 Å². The van der Waals surface area contributed by atoms with Crippen LogP contribution in [0, 0.1) is 0 Å². The zero-order valence-corrected chi connectivity index (χ0v) is 36.3. The van der Waals surface area contributed by atoms with Crippen molar-refractivity contribution in [2.45, 2.75) is 271 Å². The molecular weight excluding hydrogens is 711 g/mol. The molecule has 0 aliphatic carbocycles. The van der Waals surface area contributed by atoms with Gasteiger partial charge in [-0.25, -0.2) is 0 Å². The third-order valence-electron chi connectivity index (χ3n) is 9.97. The van der Waals surface area contributed by atoms with Crippen LogP contribution in [0.3, 0.4) is 0 Å². The Labute approximate surface area is 324 Å². The number of hydrogen-bond acceptors (Lipinski definition) is 4. The van der Waals surface area contributed by atoms with Gasteiger partial charge < -0.3 is 19.8 Å². The average molecular weight is 798 g/mol. The molecule has 0 saturated heterocycles. The fraction of sp³-hybridized carbons (Fsp3) is 0.955. The number of unbranched alkanes of at least 4 members (excludes halogenated alkanes) is 36. The van der Waals surface area contributed by atoms with Crippen molar-refractivity contribution in [1.82, 2.24) is 0 Å². The normalized spacial score (nSPS) is 10.8. The summed E-state index contributed by atoms with van der Waals surface area (Å²) in [5.41, 5.74) is 0. The minimum atomic E-state index is -0.901. The van der Waals surface area contributed by atoms with Crippen LogP contribution < -0.4 is 10.2 Å². The van der Waals surface area contributed by atoms with Gasteiger partial charge in [0.15, 0.2) is 0 Å². The largest absolute Gasteiger partial charge is 2.00 e. The van der Waals surface area contributed by atoms with E-state index in [4.69, 9.17) is 0 Å². The molecule has 290 valence electrons. The molecule has 2 radical (unpaired) electrons. The van der Waals surface area contributed by atoms with Crippen molar-refractivity contribution >= 4 is 35.8 Å². The van der Waals surface area contributed by atoms with Crippen molar-refractivity contribution in [3.63, 3.8) is 0 Å². The molecule has 0 atom stereocenters. The molecule has 0 aromatic carbocycles. The van der Waals surface area contributed by atoms with Crippen molar-refractivity contribution in [2.75, 3.05) is 0 Å². The number of aliphatic carboxylic acids is 2. The van der Waals surface area contributed by atoms with E-state index in [2.05, 4.69) is 13.8 Å². The average Bonchev–Trinajstić information content (AvgIpc) is 3.07. The van der Waals surface area contributed by atoms with Crippen LogP contribution in [0.4, 0.5) is 0 Å². The van der Waals surface area contributed by atoms with Crippen molar-refractivity contribution < 1.29 is 19.8 Å². The summed E-state index contributed by atoms with van der Waals surface area (Å²) in [6.07, 6.45) is 51.5. The van der Waals surface area contributed by atoms with Crippen LogP contribution in [0.2, 0.25) is 0 Å². The van der Waals surface area contributed by atoms with E-state index >= 15 is 0 Å². The molecule has 0 spiro atoms. The molecule has 0 unspecified atom stereocenters. The van der Waals surface area contributed by atoms with Crippen LogP contribution in [0.25, 0.3) is 0 Å². The zero-order chi connectivity index (χ0) is 35.4. The van der Waals surface area contributed by atoms with Gasteiger partial charge in [-0.3, -0.25) is 0 Å². The SMILES string of the molecule is CCCCCCCCCCCCCCCCCCCCCC(=O)[O-].CCCCCCCCCCCCCCCCCCCCCC(=O)[O-].[Sn+2]. The summed E-state index contributed by atoms with van der Waals surface area (Å²) in [5.74, 6) is -1.80. The van der Waals surface area contributed by atoms with Gasteiger partial charge >= 0.3 is 23.9 Å². The smallest absolute Gasteiger partial charge is 0.550 e. The Morgan fingerprint density at radius 1 is 0.265 bits per heavy atom. The minimum absolute atomic E-state index is 0. The predicted molar refractivity (Wildman–Crippen MR) is 212 cm³/mol. The summed E-state index contributed by atoms with van der Waals surface area (Å²) in [6.45, 7) is 4.56.